The maximum absolute atomic E-state index is 11.5. The van der Waals surface area contributed by atoms with Crippen molar-refractivity contribution in [3.05, 3.63) is 0 Å². The second-order valence-electron chi connectivity index (χ2n) is 4.52. The van der Waals surface area contributed by atoms with Crippen LogP contribution in [-0.4, -0.2) is 46.6 Å². The van der Waals surface area contributed by atoms with Crippen molar-refractivity contribution in [1.82, 2.24) is 5.32 Å². The highest BCUT2D eigenvalue weighted by molar-refractivity contribution is 5.88. The first-order valence-corrected chi connectivity index (χ1v) is 5.98. The third-order valence-corrected chi connectivity index (χ3v) is 2.54. The lowest BCUT2D eigenvalue weighted by Crippen LogP contribution is -2.50. The van der Waals surface area contributed by atoms with Gasteiger partial charge in [0.2, 0.25) is 5.91 Å². The zero-order valence-electron chi connectivity index (χ0n) is 11.4. The summed E-state index contributed by atoms with van der Waals surface area (Å²) in [5, 5.41) is 20.4. The van der Waals surface area contributed by atoms with Gasteiger partial charge in [-0.15, -0.1) is 0 Å². The van der Waals surface area contributed by atoms with Crippen molar-refractivity contribution in [3.63, 3.8) is 0 Å². The molecule has 0 rings (SSSR count). The normalized spacial score (nSPS) is 13.3. The third kappa shape index (κ3) is 6.03. The van der Waals surface area contributed by atoms with E-state index in [4.69, 9.17) is 21.7 Å². The monoisotopic (exact) mass is 288 g/mol. The molecule has 114 valence electrons. The smallest absolute Gasteiger partial charge is 0.327 e. The van der Waals surface area contributed by atoms with Gasteiger partial charge in [-0.3, -0.25) is 14.6 Å². The molecule has 1 amide bonds. The molecule has 9 nitrogen and oxygen atoms in total. The van der Waals surface area contributed by atoms with Crippen molar-refractivity contribution in [2.75, 3.05) is 6.54 Å². The Balaban J connectivity index is 4.96. The van der Waals surface area contributed by atoms with Crippen LogP contribution in [0, 0.1) is 11.8 Å². The topological polar surface area (TPSA) is 168 Å². The molecule has 2 atom stereocenters. The molecule has 0 fully saturated rings. The summed E-state index contributed by atoms with van der Waals surface area (Å²) in [6.45, 7) is 3.10. The fourth-order valence-corrected chi connectivity index (χ4v) is 1.42. The third-order valence-electron chi connectivity index (χ3n) is 2.54. The Labute approximate surface area is 116 Å². The Morgan fingerprint density at radius 3 is 2.05 bits per heavy atom. The Morgan fingerprint density at radius 2 is 1.70 bits per heavy atom. The van der Waals surface area contributed by atoms with Crippen LogP contribution in [0.2, 0.25) is 0 Å². The van der Waals surface area contributed by atoms with E-state index in [1.807, 2.05) is 0 Å². The van der Waals surface area contributed by atoms with E-state index in [0.29, 0.717) is 0 Å². The molecule has 0 radical (unpaired) electrons. The van der Waals surface area contributed by atoms with Gasteiger partial charge < -0.3 is 27.0 Å². The summed E-state index contributed by atoms with van der Waals surface area (Å²) in [6.07, 6.45) is -0.109. The van der Waals surface area contributed by atoms with Crippen LogP contribution in [0.25, 0.3) is 0 Å². The largest absolute Gasteiger partial charge is 0.481 e. The van der Waals surface area contributed by atoms with Crippen molar-refractivity contribution in [2.24, 2.45) is 28.3 Å². The van der Waals surface area contributed by atoms with Gasteiger partial charge in [0.15, 0.2) is 5.96 Å². The van der Waals surface area contributed by atoms with Crippen LogP contribution in [0.15, 0.2) is 4.99 Å². The summed E-state index contributed by atoms with van der Waals surface area (Å²) in [5.41, 5.74) is 10.2. The molecular weight excluding hydrogens is 268 g/mol. The van der Waals surface area contributed by atoms with E-state index < -0.39 is 35.7 Å². The molecule has 1 unspecified atom stereocenters. The van der Waals surface area contributed by atoms with E-state index in [1.54, 1.807) is 13.8 Å². The predicted molar refractivity (Wildman–Crippen MR) is 70.8 cm³/mol. The maximum atomic E-state index is 11.5. The SMILES string of the molecule is CC(C)C(=O)N[C@H](C(=O)O)C(CCN=C(N)N)C(=O)O. The van der Waals surface area contributed by atoms with E-state index in [-0.39, 0.29) is 18.9 Å². The van der Waals surface area contributed by atoms with Crippen LogP contribution in [0.3, 0.4) is 0 Å². The molecule has 0 saturated carbocycles. The van der Waals surface area contributed by atoms with Crippen LogP contribution in [-0.2, 0) is 14.4 Å². The number of nitrogens with two attached hydrogens (primary N) is 2. The molecular formula is C11H20N4O5. The first kappa shape index (κ1) is 17.7. The fraction of sp³-hybridized carbons (Fsp3) is 0.636. The molecule has 0 saturated heterocycles. The van der Waals surface area contributed by atoms with E-state index in [2.05, 4.69) is 10.3 Å². The summed E-state index contributed by atoms with van der Waals surface area (Å²) < 4.78 is 0. The minimum absolute atomic E-state index is 0.0410. The average Bonchev–Trinajstić information content (AvgIpc) is 2.30. The average molecular weight is 288 g/mol. The van der Waals surface area contributed by atoms with Gasteiger partial charge in [0.05, 0.1) is 5.92 Å². The molecule has 0 aliphatic carbocycles. The number of carbonyl (C=O) groups is 3. The van der Waals surface area contributed by atoms with Gasteiger partial charge in [-0.2, -0.15) is 0 Å². The Morgan fingerprint density at radius 1 is 1.15 bits per heavy atom. The second kappa shape index (κ2) is 7.97. The molecule has 0 aromatic carbocycles. The molecule has 0 aliphatic rings. The molecule has 0 aromatic heterocycles. The fourth-order valence-electron chi connectivity index (χ4n) is 1.42. The number of hydrogen-bond acceptors (Lipinski definition) is 4. The van der Waals surface area contributed by atoms with Gasteiger partial charge in [0.25, 0.3) is 0 Å². The number of hydrogen-bond donors (Lipinski definition) is 5. The predicted octanol–water partition coefficient (Wildman–Crippen LogP) is -1.42. The summed E-state index contributed by atoms with van der Waals surface area (Å²) >= 11 is 0. The quantitative estimate of drug-likeness (QED) is 0.269. The molecule has 0 aromatic rings. The number of nitrogens with one attached hydrogen (secondary N) is 1. The number of nitrogens with zero attached hydrogens (tertiary/aromatic N) is 1. The van der Waals surface area contributed by atoms with Gasteiger partial charge in [-0.05, 0) is 6.42 Å². The zero-order valence-corrected chi connectivity index (χ0v) is 11.4. The Hall–Kier alpha value is -2.32. The van der Waals surface area contributed by atoms with E-state index in [1.165, 1.54) is 0 Å². The molecule has 0 spiro atoms. The highest BCUT2D eigenvalue weighted by Crippen LogP contribution is 2.12. The van der Waals surface area contributed by atoms with Crippen molar-refractivity contribution in [3.8, 4) is 0 Å². The summed E-state index contributed by atoms with van der Waals surface area (Å²) in [5.74, 6) is -5.29. The number of carboxylic acids is 2. The van der Waals surface area contributed by atoms with Crippen molar-refractivity contribution in [2.45, 2.75) is 26.3 Å². The lowest BCUT2D eigenvalue weighted by Gasteiger charge is -2.22. The van der Waals surface area contributed by atoms with Gasteiger partial charge in [-0.1, -0.05) is 13.8 Å². The van der Waals surface area contributed by atoms with Crippen LogP contribution in [0.5, 0.6) is 0 Å². The van der Waals surface area contributed by atoms with Crippen molar-refractivity contribution >= 4 is 23.8 Å². The number of carbonyl (C=O) groups excluding carboxylic acids is 1. The Bertz CT molecular complexity index is 404. The summed E-state index contributed by atoms with van der Waals surface area (Å²) in [4.78, 5) is 37.4. The van der Waals surface area contributed by atoms with E-state index in [9.17, 15) is 14.4 Å². The van der Waals surface area contributed by atoms with Crippen LogP contribution < -0.4 is 16.8 Å². The number of aliphatic imine (C=N–C) groups is 1. The number of carboxylic acid groups (broad SMARTS) is 2. The summed E-state index contributed by atoms with van der Waals surface area (Å²) in [7, 11) is 0. The van der Waals surface area contributed by atoms with Crippen LogP contribution >= 0.6 is 0 Å². The second-order valence-corrected chi connectivity index (χ2v) is 4.52. The van der Waals surface area contributed by atoms with Crippen molar-refractivity contribution in [1.29, 1.82) is 0 Å². The lowest BCUT2D eigenvalue weighted by atomic mass is 9.95. The van der Waals surface area contributed by atoms with Crippen LogP contribution in [0.4, 0.5) is 0 Å². The number of amides is 1. The van der Waals surface area contributed by atoms with Crippen molar-refractivity contribution < 1.29 is 24.6 Å². The van der Waals surface area contributed by atoms with Gasteiger partial charge >= 0.3 is 11.9 Å². The molecule has 7 N–H and O–H groups in total. The van der Waals surface area contributed by atoms with Gasteiger partial charge in [-0.25, -0.2) is 4.79 Å². The number of aliphatic carboxylic acids is 2. The van der Waals surface area contributed by atoms with Crippen LogP contribution in [0.1, 0.15) is 20.3 Å². The number of guanidine groups is 1. The summed E-state index contributed by atoms with van der Waals surface area (Å²) in [6, 6.07) is -1.53. The first-order chi connectivity index (χ1) is 9.16. The first-order valence-electron chi connectivity index (χ1n) is 5.98. The maximum Gasteiger partial charge on any atom is 0.327 e. The number of rotatable bonds is 8. The zero-order chi connectivity index (χ0) is 15.9. The van der Waals surface area contributed by atoms with Gasteiger partial charge in [0, 0.05) is 12.5 Å². The highest BCUT2D eigenvalue weighted by Gasteiger charge is 2.35. The van der Waals surface area contributed by atoms with Gasteiger partial charge in [0.1, 0.15) is 6.04 Å². The van der Waals surface area contributed by atoms with E-state index >= 15 is 0 Å². The minimum Gasteiger partial charge on any atom is -0.481 e. The lowest BCUT2D eigenvalue weighted by molar-refractivity contribution is -0.152. The van der Waals surface area contributed by atoms with E-state index in [0.717, 1.165) is 0 Å². The molecule has 9 heteroatoms. The minimum atomic E-state index is -1.53. The standard InChI is InChI=1S/C11H20N4O5/c1-5(2)8(16)15-7(10(19)20)6(9(17)18)3-4-14-11(12)13/h5-7H,3-4H2,1-2H3,(H,15,16)(H,17,18)(H,19,20)(H4,12,13,14)/t6?,7-/m0/s1. The molecule has 0 heterocycles. The molecule has 0 aliphatic heterocycles. The molecule has 20 heavy (non-hydrogen) atoms. The highest BCUT2D eigenvalue weighted by atomic mass is 16.4. The molecule has 0 bridgehead atoms. The Kier molecular flexibility index (Phi) is 7.05.